The number of anilines is 2. The van der Waals surface area contributed by atoms with Crippen LogP contribution in [0.5, 0.6) is 0 Å². The molecule has 0 saturated carbocycles. The van der Waals surface area contributed by atoms with E-state index in [-0.39, 0.29) is 18.2 Å². The number of amides is 1. The fourth-order valence-corrected chi connectivity index (χ4v) is 3.15. The van der Waals surface area contributed by atoms with E-state index in [1.807, 2.05) is 13.1 Å². The van der Waals surface area contributed by atoms with Gasteiger partial charge in [0, 0.05) is 13.1 Å². The van der Waals surface area contributed by atoms with E-state index >= 15 is 0 Å². The number of rotatable bonds is 4. The number of hydrogen-bond donors (Lipinski definition) is 1. The van der Waals surface area contributed by atoms with E-state index in [1.54, 1.807) is 12.1 Å². The first-order valence-electron chi connectivity index (χ1n) is 8.59. The maximum Gasteiger partial charge on any atom is 0.262 e. The number of hydrogen-bond acceptors (Lipinski definition) is 4. The van der Waals surface area contributed by atoms with E-state index < -0.39 is 23.1 Å². The molecule has 1 aliphatic heterocycles. The van der Waals surface area contributed by atoms with Crippen LogP contribution < -0.4 is 10.2 Å². The lowest BCUT2D eigenvalue weighted by Gasteiger charge is -2.35. The van der Waals surface area contributed by atoms with E-state index in [9.17, 15) is 13.6 Å². The van der Waals surface area contributed by atoms with Crippen LogP contribution in [-0.2, 0) is 0 Å². The summed E-state index contributed by atoms with van der Waals surface area (Å²) >= 11 is 0. The first-order chi connectivity index (χ1) is 12.5. The van der Waals surface area contributed by atoms with E-state index in [0.717, 1.165) is 38.1 Å². The van der Waals surface area contributed by atoms with Crippen LogP contribution in [0.3, 0.4) is 0 Å². The average Bonchev–Trinajstić information content (AvgIpc) is 2.62. The third-order valence-electron chi connectivity index (χ3n) is 4.76. The summed E-state index contributed by atoms with van der Waals surface area (Å²) in [5, 5.41) is 2.48. The predicted octanol–water partition coefficient (Wildman–Crippen LogP) is 3.56. The van der Waals surface area contributed by atoms with Crippen LogP contribution >= 0.6 is 12.4 Å². The molecular weight excluding hydrogens is 374 g/mol. The number of halogens is 3. The molecule has 146 valence electrons. The first kappa shape index (κ1) is 21.1. The fraction of sp³-hybridized carbons (Fsp3) is 0.368. The Balaban J connectivity index is 0.00000261. The SMILES string of the molecule is CN1CCC(N(C)c2cccc(NC(=O)c3c(F)cccc3F)n2)CC1.Cl. The van der Waals surface area contributed by atoms with Crippen molar-refractivity contribution in [2.24, 2.45) is 0 Å². The van der Waals surface area contributed by atoms with Crippen LogP contribution in [-0.4, -0.2) is 49.0 Å². The second-order valence-electron chi connectivity index (χ2n) is 6.58. The summed E-state index contributed by atoms with van der Waals surface area (Å²) in [6, 6.07) is 8.91. The number of benzene rings is 1. The highest BCUT2D eigenvalue weighted by molar-refractivity contribution is 6.04. The normalized spacial score (nSPS) is 15.1. The van der Waals surface area contributed by atoms with Crippen molar-refractivity contribution >= 4 is 29.9 Å². The minimum absolute atomic E-state index is 0. The lowest BCUT2D eigenvalue weighted by Crippen LogP contribution is -2.42. The molecular formula is C19H23ClF2N4O. The van der Waals surface area contributed by atoms with Crippen molar-refractivity contribution < 1.29 is 13.6 Å². The van der Waals surface area contributed by atoms with Gasteiger partial charge in [-0.25, -0.2) is 13.8 Å². The zero-order valence-corrected chi connectivity index (χ0v) is 16.1. The van der Waals surface area contributed by atoms with Gasteiger partial charge in [0.1, 0.15) is 28.8 Å². The molecule has 8 heteroatoms. The van der Waals surface area contributed by atoms with Gasteiger partial charge in [-0.05, 0) is 57.2 Å². The van der Waals surface area contributed by atoms with Crippen molar-refractivity contribution in [2.75, 3.05) is 37.4 Å². The maximum atomic E-state index is 13.8. The average molecular weight is 397 g/mol. The number of nitrogens with one attached hydrogen (secondary N) is 1. The van der Waals surface area contributed by atoms with E-state index in [1.165, 1.54) is 6.07 Å². The molecule has 1 aromatic heterocycles. The first-order valence-corrected chi connectivity index (χ1v) is 8.59. The Morgan fingerprint density at radius 3 is 2.37 bits per heavy atom. The van der Waals surface area contributed by atoms with Crippen LogP contribution in [0.15, 0.2) is 36.4 Å². The van der Waals surface area contributed by atoms with Crippen molar-refractivity contribution in [3.05, 3.63) is 53.6 Å². The summed E-state index contributed by atoms with van der Waals surface area (Å²) in [5.41, 5.74) is -0.608. The molecule has 2 heterocycles. The predicted molar refractivity (Wildman–Crippen MR) is 105 cm³/mol. The molecule has 3 rings (SSSR count). The number of aromatic nitrogens is 1. The van der Waals surface area contributed by atoms with E-state index in [2.05, 4.69) is 27.1 Å². The zero-order chi connectivity index (χ0) is 18.7. The molecule has 1 aliphatic rings. The highest BCUT2D eigenvalue weighted by atomic mass is 35.5. The third kappa shape index (κ3) is 4.93. The van der Waals surface area contributed by atoms with Crippen LogP contribution in [0.4, 0.5) is 20.4 Å². The molecule has 0 aliphatic carbocycles. The number of carbonyl (C=O) groups excluding carboxylic acids is 1. The molecule has 1 N–H and O–H groups in total. The second kappa shape index (κ2) is 9.10. The lowest BCUT2D eigenvalue weighted by atomic mass is 10.0. The number of carbonyl (C=O) groups is 1. The number of nitrogens with zero attached hydrogens (tertiary/aromatic N) is 3. The minimum Gasteiger partial charge on any atom is -0.357 e. The molecule has 0 radical (unpaired) electrons. The third-order valence-corrected chi connectivity index (χ3v) is 4.76. The molecule has 1 amide bonds. The van der Waals surface area contributed by atoms with Crippen molar-refractivity contribution in [1.82, 2.24) is 9.88 Å². The Bertz CT molecular complexity index is 777. The highest BCUT2D eigenvalue weighted by Gasteiger charge is 2.22. The number of likely N-dealkylation sites (tertiary alicyclic amines) is 1. The molecule has 5 nitrogen and oxygen atoms in total. The van der Waals surface area contributed by atoms with Crippen LogP contribution in [0.2, 0.25) is 0 Å². The Kier molecular flexibility index (Phi) is 7.10. The summed E-state index contributed by atoms with van der Waals surface area (Å²) in [4.78, 5) is 21.0. The minimum atomic E-state index is -0.901. The van der Waals surface area contributed by atoms with Crippen LogP contribution in [0.25, 0.3) is 0 Å². The molecule has 2 aromatic rings. The molecule has 27 heavy (non-hydrogen) atoms. The quantitative estimate of drug-likeness (QED) is 0.858. The highest BCUT2D eigenvalue weighted by Crippen LogP contribution is 2.22. The molecule has 0 bridgehead atoms. The standard InChI is InChI=1S/C19H22F2N4O.ClH/c1-24-11-9-13(10-12-24)25(2)17-8-4-7-16(22-17)23-19(26)18-14(20)5-3-6-15(18)21;/h3-8,13H,9-12H2,1-2H3,(H,22,23,26);1H. The zero-order valence-electron chi connectivity index (χ0n) is 15.3. The van der Waals surface area contributed by atoms with Gasteiger partial charge in [-0.15, -0.1) is 12.4 Å². The van der Waals surface area contributed by atoms with Gasteiger partial charge in [0.25, 0.3) is 5.91 Å². The summed E-state index contributed by atoms with van der Waals surface area (Å²) in [6.45, 7) is 2.05. The van der Waals surface area contributed by atoms with Crippen LogP contribution in [0.1, 0.15) is 23.2 Å². The Morgan fingerprint density at radius 2 is 1.74 bits per heavy atom. The van der Waals surface area contributed by atoms with Gasteiger partial charge >= 0.3 is 0 Å². The molecule has 0 spiro atoms. The van der Waals surface area contributed by atoms with Crippen LogP contribution in [0, 0.1) is 11.6 Å². The Hall–Kier alpha value is -2.25. The van der Waals surface area contributed by atoms with Gasteiger partial charge in [0.15, 0.2) is 0 Å². The molecule has 1 fully saturated rings. The maximum absolute atomic E-state index is 13.8. The van der Waals surface area contributed by atoms with Crippen molar-refractivity contribution in [3.63, 3.8) is 0 Å². The van der Waals surface area contributed by atoms with Gasteiger partial charge < -0.3 is 15.1 Å². The van der Waals surface area contributed by atoms with Crippen molar-refractivity contribution in [2.45, 2.75) is 18.9 Å². The van der Waals surface area contributed by atoms with Crippen molar-refractivity contribution in [1.29, 1.82) is 0 Å². The van der Waals surface area contributed by atoms with Gasteiger partial charge in [-0.1, -0.05) is 12.1 Å². The lowest BCUT2D eigenvalue weighted by molar-refractivity contribution is 0.101. The molecule has 1 aromatic carbocycles. The van der Waals surface area contributed by atoms with Gasteiger partial charge in [0.05, 0.1) is 0 Å². The van der Waals surface area contributed by atoms with Crippen molar-refractivity contribution in [3.8, 4) is 0 Å². The van der Waals surface area contributed by atoms with E-state index in [0.29, 0.717) is 11.9 Å². The summed E-state index contributed by atoms with van der Waals surface area (Å²) in [7, 11) is 4.08. The fourth-order valence-electron chi connectivity index (χ4n) is 3.15. The second-order valence-corrected chi connectivity index (χ2v) is 6.58. The largest absolute Gasteiger partial charge is 0.357 e. The summed E-state index contributed by atoms with van der Waals surface area (Å²) in [5.74, 6) is -1.68. The monoisotopic (exact) mass is 396 g/mol. The smallest absolute Gasteiger partial charge is 0.262 e. The number of piperidine rings is 1. The van der Waals surface area contributed by atoms with Gasteiger partial charge in [-0.3, -0.25) is 4.79 Å². The topological polar surface area (TPSA) is 48.5 Å². The Morgan fingerprint density at radius 1 is 1.15 bits per heavy atom. The summed E-state index contributed by atoms with van der Waals surface area (Å²) in [6.07, 6.45) is 2.07. The number of pyridine rings is 1. The van der Waals surface area contributed by atoms with E-state index in [4.69, 9.17) is 0 Å². The summed E-state index contributed by atoms with van der Waals surface area (Å²) < 4.78 is 27.5. The molecule has 1 saturated heterocycles. The van der Waals surface area contributed by atoms with Gasteiger partial charge in [-0.2, -0.15) is 0 Å². The molecule has 0 unspecified atom stereocenters. The molecule has 0 atom stereocenters. The Labute approximate surface area is 163 Å². The van der Waals surface area contributed by atoms with Gasteiger partial charge in [0.2, 0.25) is 0 Å².